The Hall–Kier alpha value is -0.940. The fourth-order valence-corrected chi connectivity index (χ4v) is 1.17. The Morgan fingerprint density at radius 3 is 2.85 bits per heavy atom. The lowest BCUT2D eigenvalue weighted by Crippen LogP contribution is -2.13. The van der Waals surface area contributed by atoms with Crippen LogP contribution in [0.5, 0.6) is 0 Å². The maximum atomic E-state index is 9.64. The van der Waals surface area contributed by atoms with E-state index in [0.29, 0.717) is 18.8 Å². The molecular formula is C8H16N4O. The molecule has 0 unspecified atom stereocenters. The van der Waals surface area contributed by atoms with Gasteiger partial charge in [0.25, 0.3) is 0 Å². The lowest BCUT2D eigenvalue weighted by molar-refractivity contribution is 0.153. The number of hydrogen-bond donors (Lipinski definition) is 2. The zero-order chi connectivity index (χ0) is 9.84. The van der Waals surface area contributed by atoms with Crippen LogP contribution in [0.25, 0.3) is 0 Å². The van der Waals surface area contributed by atoms with E-state index < -0.39 is 6.10 Å². The largest absolute Gasteiger partial charge is 0.385 e. The van der Waals surface area contributed by atoms with Crippen molar-refractivity contribution in [2.45, 2.75) is 32.4 Å². The van der Waals surface area contributed by atoms with E-state index >= 15 is 0 Å². The van der Waals surface area contributed by atoms with Gasteiger partial charge in [-0.3, -0.25) is 0 Å². The van der Waals surface area contributed by atoms with Gasteiger partial charge in [0.15, 0.2) is 5.82 Å². The minimum atomic E-state index is -0.602. The predicted molar refractivity (Wildman–Crippen MR) is 49.0 cm³/mol. The number of nitrogens with two attached hydrogens (primary N) is 1. The average Bonchev–Trinajstić information content (AvgIpc) is 2.52. The molecule has 0 aliphatic carbocycles. The number of hydrogen-bond acceptors (Lipinski definition) is 4. The van der Waals surface area contributed by atoms with E-state index in [1.54, 1.807) is 6.33 Å². The van der Waals surface area contributed by atoms with Gasteiger partial charge in [-0.25, -0.2) is 0 Å². The van der Waals surface area contributed by atoms with Crippen LogP contribution in [-0.4, -0.2) is 26.4 Å². The molecule has 13 heavy (non-hydrogen) atoms. The van der Waals surface area contributed by atoms with Crippen LogP contribution in [0.4, 0.5) is 0 Å². The Morgan fingerprint density at radius 1 is 1.62 bits per heavy atom. The lowest BCUT2D eigenvalue weighted by Gasteiger charge is -2.13. The highest BCUT2D eigenvalue weighted by molar-refractivity contribution is 4.92. The molecular weight excluding hydrogens is 168 g/mol. The molecule has 3 N–H and O–H groups in total. The highest BCUT2D eigenvalue weighted by Gasteiger charge is 2.15. The molecule has 0 saturated carbocycles. The third-order valence-corrected chi connectivity index (χ3v) is 1.90. The van der Waals surface area contributed by atoms with E-state index in [1.807, 2.05) is 18.4 Å². The lowest BCUT2D eigenvalue weighted by atomic mass is 10.2. The van der Waals surface area contributed by atoms with Crippen molar-refractivity contribution < 1.29 is 5.11 Å². The number of nitrogens with zero attached hydrogens (tertiary/aromatic N) is 3. The summed E-state index contributed by atoms with van der Waals surface area (Å²) >= 11 is 0. The van der Waals surface area contributed by atoms with Gasteiger partial charge >= 0.3 is 0 Å². The smallest absolute Gasteiger partial charge is 0.162 e. The minimum Gasteiger partial charge on any atom is -0.385 e. The van der Waals surface area contributed by atoms with Crippen molar-refractivity contribution in [1.29, 1.82) is 0 Å². The van der Waals surface area contributed by atoms with Crippen LogP contribution >= 0.6 is 0 Å². The molecule has 0 aromatic carbocycles. The van der Waals surface area contributed by atoms with Crippen molar-refractivity contribution in [3.8, 4) is 0 Å². The quantitative estimate of drug-likeness (QED) is 0.702. The van der Waals surface area contributed by atoms with E-state index in [-0.39, 0.29) is 6.04 Å². The molecule has 0 spiro atoms. The van der Waals surface area contributed by atoms with E-state index in [1.165, 1.54) is 0 Å². The first-order chi connectivity index (χ1) is 6.16. The van der Waals surface area contributed by atoms with Crippen molar-refractivity contribution in [1.82, 2.24) is 14.8 Å². The Bertz CT molecular complexity index is 258. The minimum absolute atomic E-state index is 0.262. The molecule has 0 saturated heterocycles. The Kier molecular flexibility index (Phi) is 3.39. The van der Waals surface area contributed by atoms with Crippen LogP contribution in [0.15, 0.2) is 6.33 Å². The van der Waals surface area contributed by atoms with Gasteiger partial charge in [0.2, 0.25) is 0 Å². The van der Waals surface area contributed by atoms with Crippen molar-refractivity contribution >= 4 is 0 Å². The first-order valence-corrected chi connectivity index (χ1v) is 4.44. The molecule has 1 aromatic heterocycles. The molecule has 74 valence electrons. The van der Waals surface area contributed by atoms with Gasteiger partial charge in [0, 0.05) is 6.04 Å². The monoisotopic (exact) mass is 184 g/mol. The van der Waals surface area contributed by atoms with Gasteiger partial charge in [0.1, 0.15) is 12.4 Å². The van der Waals surface area contributed by atoms with Gasteiger partial charge in [-0.05, 0) is 26.8 Å². The Labute approximate surface area is 77.6 Å². The summed E-state index contributed by atoms with van der Waals surface area (Å²) in [4.78, 5) is 0. The van der Waals surface area contributed by atoms with Crippen LogP contribution in [0.2, 0.25) is 0 Å². The van der Waals surface area contributed by atoms with Gasteiger partial charge in [-0.2, -0.15) is 0 Å². The first kappa shape index (κ1) is 10.1. The summed E-state index contributed by atoms with van der Waals surface area (Å²) in [5.41, 5.74) is 5.34. The zero-order valence-electron chi connectivity index (χ0n) is 8.01. The molecule has 1 atom stereocenters. The van der Waals surface area contributed by atoms with Gasteiger partial charge in [-0.15, -0.1) is 10.2 Å². The molecule has 0 radical (unpaired) electrons. The number of aliphatic hydroxyl groups excluding tert-OH is 1. The van der Waals surface area contributed by atoms with Crippen LogP contribution in [0.3, 0.4) is 0 Å². The van der Waals surface area contributed by atoms with Crippen LogP contribution in [0.1, 0.15) is 38.2 Å². The molecule has 0 amide bonds. The van der Waals surface area contributed by atoms with E-state index in [4.69, 9.17) is 5.73 Å². The highest BCUT2D eigenvalue weighted by Crippen LogP contribution is 2.16. The SMILES string of the molecule is CC(C)n1cnnc1[C@@H](O)CCN. The third kappa shape index (κ3) is 2.26. The van der Waals surface area contributed by atoms with E-state index in [0.717, 1.165) is 0 Å². The fraction of sp³-hybridized carbons (Fsp3) is 0.750. The summed E-state index contributed by atoms with van der Waals surface area (Å²) in [6.45, 7) is 4.48. The van der Waals surface area contributed by atoms with Crippen molar-refractivity contribution in [3.05, 3.63) is 12.2 Å². The van der Waals surface area contributed by atoms with Crippen molar-refractivity contribution in [2.24, 2.45) is 5.73 Å². The second-order valence-corrected chi connectivity index (χ2v) is 3.28. The predicted octanol–water partition coefficient (Wildman–Crippen LogP) is 0.241. The van der Waals surface area contributed by atoms with Gasteiger partial charge in [0.05, 0.1) is 0 Å². The summed E-state index contributed by atoms with van der Waals surface area (Å²) in [5.74, 6) is 0.598. The summed E-state index contributed by atoms with van der Waals surface area (Å²) in [6, 6.07) is 0.262. The number of rotatable bonds is 4. The standard InChI is InChI=1S/C8H16N4O/c1-6(2)12-5-10-11-8(12)7(13)3-4-9/h5-7,13H,3-4,9H2,1-2H3/t7-/m0/s1. The molecule has 1 heterocycles. The molecule has 0 fully saturated rings. The van der Waals surface area contributed by atoms with Crippen molar-refractivity contribution in [3.63, 3.8) is 0 Å². The molecule has 0 aliphatic heterocycles. The summed E-state index contributed by atoms with van der Waals surface area (Å²) in [7, 11) is 0. The molecule has 0 aliphatic rings. The number of aliphatic hydroxyl groups is 1. The van der Waals surface area contributed by atoms with Gasteiger partial charge < -0.3 is 15.4 Å². The van der Waals surface area contributed by atoms with Gasteiger partial charge in [-0.1, -0.05) is 0 Å². The second kappa shape index (κ2) is 4.34. The van der Waals surface area contributed by atoms with Crippen LogP contribution in [0, 0.1) is 0 Å². The fourth-order valence-electron chi connectivity index (χ4n) is 1.17. The molecule has 0 bridgehead atoms. The maximum Gasteiger partial charge on any atom is 0.162 e. The van der Waals surface area contributed by atoms with Crippen molar-refractivity contribution in [2.75, 3.05) is 6.54 Å². The summed E-state index contributed by atoms with van der Waals surface area (Å²) in [5, 5.41) is 17.3. The van der Waals surface area contributed by atoms with E-state index in [9.17, 15) is 5.11 Å². The zero-order valence-corrected chi connectivity index (χ0v) is 8.01. The molecule has 5 heteroatoms. The average molecular weight is 184 g/mol. The highest BCUT2D eigenvalue weighted by atomic mass is 16.3. The number of aromatic nitrogens is 3. The summed E-state index contributed by atoms with van der Waals surface area (Å²) < 4.78 is 1.85. The normalized spacial score (nSPS) is 13.6. The second-order valence-electron chi connectivity index (χ2n) is 3.28. The molecule has 5 nitrogen and oxygen atoms in total. The third-order valence-electron chi connectivity index (χ3n) is 1.90. The summed E-state index contributed by atoms with van der Waals surface area (Å²) in [6.07, 6.45) is 1.54. The van der Waals surface area contributed by atoms with Crippen LogP contribution < -0.4 is 5.73 Å². The Morgan fingerprint density at radius 2 is 2.31 bits per heavy atom. The van der Waals surface area contributed by atoms with Crippen LogP contribution in [-0.2, 0) is 0 Å². The molecule has 1 aromatic rings. The Balaban J connectivity index is 2.80. The first-order valence-electron chi connectivity index (χ1n) is 4.44. The maximum absolute atomic E-state index is 9.64. The molecule has 1 rings (SSSR count). The van der Waals surface area contributed by atoms with E-state index in [2.05, 4.69) is 10.2 Å². The topological polar surface area (TPSA) is 77.0 Å².